The number of rotatable bonds is 6. The lowest BCUT2D eigenvalue weighted by atomic mass is 10.2. The van der Waals surface area contributed by atoms with Crippen molar-refractivity contribution in [3.05, 3.63) is 79.2 Å². The monoisotopic (exact) mass is 347 g/mol. The first-order valence-corrected chi connectivity index (χ1v) is 9.02. The summed E-state index contributed by atoms with van der Waals surface area (Å²) in [7, 11) is 0. The van der Waals surface area contributed by atoms with Gasteiger partial charge in [-0.25, -0.2) is 9.97 Å². The minimum atomic E-state index is 0.649. The van der Waals surface area contributed by atoms with Crippen LogP contribution in [0.3, 0.4) is 0 Å². The molecule has 0 radical (unpaired) electrons. The van der Waals surface area contributed by atoms with Crippen LogP contribution in [0.1, 0.15) is 5.69 Å². The summed E-state index contributed by atoms with van der Waals surface area (Å²) in [5, 5.41) is 0.963. The largest absolute Gasteiger partial charge is 0.444 e. The third kappa shape index (κ3) is 3.23. The first-order valence-electron chi connectivity index (χ1n) is 8.04. The fourth-order valence-corrected chi connectivity index (χ4v) is 3.60. The predicted molar refractivity (Wildman–Crippen MR) is 101 cm³/mol. The van der Waals surface area contributed by atoms with Crippen LogP contribution in [0, 0.1) is 0 Å². The zero-order valence-corrected chi connectivity index (χ0v) is 14.4. The normalized spacial score (nSPS) is 11.0. The average molecular weight is 347 g/mol. The standard InChI is InChI=1S/C20H17N3OS/c1-2-12-23-18-11-7-6-10-17(18)22-20(23)25-14-16-13-24-19(21-16)15-8-4-3-5-9-15/h2-11,13H,1,12,14H2. The van der Waals surface area contributed by atoms with Crippen LogP contribution >= 0.6 is 11.8 Å². The molecule has 124 valence electrons. The zero-order chi connectivity index (χ0) is 17.1. The molecule has 0 saturated heterocycles. The Morgan fingerprint density at radius 3 is 2.68 bits per heavy atom. The van der Waals surface area contributed by atoms with Crippen LogP contribution in [0.5, 0.6) is 0 Å². The number of benzene rings is 2. The van der Waals surface area contributed by atoms with Gasteiger partial charge in [-0.05, 0) is 24.3 Å². The molecule has 0 aliphatic carbocycles. The number of hydrogen-bond acceptors (Lipinski definition) is 4. The van der Waals surface area contributed by atoms with E-state index in [1.165, 1.54) is 0 Å². The molecule has 0 amide bonds. The summed E-state index contributed by atoms with van der Waals surface area (Å²) >= 11 is 1.66. The number of imidazole rings is 1. The Bertz CT molecular complexity index is 1000. The summed E-state index contributed by atoms with van der Waals surface area (Å²) in [5.74, 6) is 1.35. The molecule has 4 nitrogen and oxygen atoms in total. The van der Waals surface area contributed by atoms with Gasteiger partial charge in [0.05, 0.1) is 16.7 Å². The second-order valence-corrected chi connectivity index (χ2v) is 6.52. The number of para-hydroxylation sites is 2. The summed E-state index contributed by atoms with van der Waals surface area (Å²) in [6, 6.07) is 18.1. The average Bonchev–Trinajstić information content (AvgIpc) is 3.26. The summed E-state index contributed by atoms with van der Waals surface area (Å²) in [6.07, 6.45) is 3.61. The fourth-order valence-electron chi connectivity index (χ4n) is 2.69. The summed E-state index contributed by atoms with van der Waals surface area (Å²) in [5.41, 5.74) is 4.01. The first kappa shape index (κ1) is 15.7. The van der Waals surface area contributed by atoms with Crippen molar-refractivity contribution in [1.29, 1.82) is 0 Å². The van der Waals surface area contributed by atoms with E-state index in [9.17, 15) is 0 Å². The van der Waals surface area contributed by atoms with Gasteiger partial charge in [0.25, 0.3) is 0 Å². The van der Waals surface area contributed by atoms with Crippen molar-refractivity contribution in [1.82, 2.24) is 14.5 Å². The maximum absolute atomic E-state index is 5.61. The molecule has 5 heteroatoms. The van der Waals surface area contributed by atoms with Gasteiger partial charge >= 0.3 is 0 Å². The highest BCUT2D eigenvalue weighted by Gasteiger charge is 2.12. The number of nitrogens with zero attached hydrogens (tertiary/aromatic N) is 3. The Hall–Kier alpha value is -2.79. The first-order chi connectivity index (χ1) is 12.3. The molecule has 2 aromatic carbocycles. The molecule has 2 aromatic heterocycles. The molecular formula is C20H17N3OS. The van der Waals surface area contributed by atoms with Gasteiger partial charge in [-0.2, -0.15) is 0 Å². The lowest BCUT2D eigenvalue weighted by Crippen LogP contribution is -1.97. The van der Waals surface area contributed by atoms with Crippen molar-refractivity contribution in [3.63, 3.8) is 0 Å². The van der Waals surface area contributed by atoms with Gasteiger partial charge in [-0.1, -0.05) is 48.2 Å². The van der Waals surface area contributed by atoms with Crippen LogP contribution in [-0.2, 0) is 12.3 Å². The third-order valence-electron chi connectivity index (χ3n) is 3.85. The fraction of sp³-hybridized carbons (Fsp3) is 0.100. The van der Waals surface area contributed by atoms with E-state index in [1.54, 1.807) is 18.0 Å². The van der Waals surface area contributed by atoms with E-state index < -0.39 is 0 Å². The number of aromatic nitrogens is 3. The molecule has 0 aliphatic heterocycles. The number of fused-ring (bicyclic) bond motifs is 1. The highest BCUT2D eigenvalue weighted by Crippen LogP contribution is 2.27. The predicted octanol–water partition coefficient (Wildman–Crippen LogP) is 5.17. The van der Waals surface area contributed by atoms with Crippen molar-refractivity contribution in [2.45, 2.75) is 17.5 Å². The highest BCUT2D eigenvalue weighted by molar-refractivity contribution is 7.98. The Labute approximate surface area is 150 Å². The summed E-state index contributed by atoms with van der Waals surface area (Å²) in [6.45, 7) is 4.59. The van der Waals surface area contributed by atoms with Crippen molar-refractivity contribution in [3.8, 4) is 11.5 Å². The van der Waals surface area contributed by atoms with E-state index in [0.717, 1.165) is 34.0 Å². The van der Waals surface area contributed by atoms with E-state index in [0.29, 0.717) is 11.6 Å². The van der Waals surface area contributed by atoms with E-state index in [2.05, 4.69) is 22.2 Å². The molecule has 4 aromatic rings. The lowest BCUT2D eigenvalue weighted by Gasteiger charge is -2.04. The van der Waals surface area contributed by atoms with E-state index >= 15 is 0 Å². The van der Waals surface area contributed by atoms with Gasteiger partial charge in [0, 0.05) is 17.9 Å². The maximum Gasteiger partial charge on any atom is 0.226 e. The second-order valence-electron chi connectivity index (χ2n) is 5.58. The zero-order valence-electron chi connectivity index (χ0n) is 13.6. The summed E-state index contributed by atoms with van der Waals surface area (Å²) in [4.78, 5) is 9.31. The van der Waals surface area contributed by atoms with Crippen LogP contribution in [0.25, 0.3) is 22.5 Å². The molecule has 25 heavy (non-hydrogen) atoms. The van der Waals surface area contributed by atoms with Crippen LogP contribution < -0.4 is 0 Å². The van der Waals surface area contributed by atoms with E-state index in [1.807, 2.05) is 54.6 Å². The van der Waals surface area contributed by atoms with Crippen LogP contribution in [0.2, 0.25) is 0 Å². The molecule has 0 unspecified atom stereocenters. The number of hydrogen-bond donors (Lipinski definition) is 0. The smallest absolute Gasteiger partial charge is 0.226 e. The molecule has 0 saturated carbocycles. The minimum absolute atomic E-state index is 0.649. The van der Waals surface area contributed by atoms with Gasteiger partial charge < -0.3 is 8.98 Å². The Morgan fingerprint density at radius 1 is 1.04 bits per heavy atom. The highest BCUT2D eigenvalue weighted by atomic mass is 32.2. The molecule has 4 rings (SSSR count). The van der Waals surface area contributed by atoms with Crippen LogP contribution in [0.4, 0.5) is 0 Å². The van der Waals surface area contributed by atoms with E-state index in [4.69, 9.17) is 9.40 Å². The van der Waals surface area contributed by atoms with Crippen molar-refractivity contribution in [2.75, 3.05) is 0 Å². The van der Waals surface area contributed by atoms with Gasteiger partial charge in [0.15, 0.2) is 5.16 Å². The molecule has 0 atom stereocenters. The SMILES string of the molecule is C=CCn1c(SCc2coc(-c3ccccc3)n2)nc2ccccc21. The quantitative estimate of drug-likeness (QED) is 0.356. The van der Waals surface area contributed by atoms with Gasteiger partial charge in [0.1, 0.15) is 6.26 Å². The molecular weight excluding hydrogens is 330 g/mol. The van der Waals surface area contributed by atoms with Crippen LogP contribution in [0.15, 0.2) is 83.1 Å². The molecule has 0 aliphatic rings. The number of allylic oxidation sites excluding steroid dienone is 1. The van der Waals surface area contributed by atoms with Crippen molar-refractivity contribution >= 4 is 22.8 Å². The lowest BCUT2D eigenvalue weighted by molar-refractivity contribution is 0.573. The van der Waals surface area contributed by atoms with Crippen molar-refractivity contribution < 1.29 is 4.42 Å². The van der Waals surface area contributed by atoms with Gasteiger partial charge in [0.2, 0.25) is 5.89 Å². The molecule has 0 fully saturated rings. The van der Waals surface area contributed by atoms with Gasteiger partial charge in [-0.15, -0.1) is 6.58 Å². The minimum Gasteiger partial charge on any atom is -0.444 e. The molecule has 0 spiro atoms. The molecule has 0 N–H and O–H groups in total. The Morgan fingerprint density at radius 2 is 1.84 bits per heavy atom. The maximum atomic E-state index is 5.61. The number of oxazole rings is 1. The van der Waals surface area contributed by atoms with Gasteiger partial charge in [-0.3, -0.25) is 0 Å². The molecule has 0 bridgehead atoms. The topological polar surface area (TPSA) is 43.9 Å². The van der Waals surface area contributed by atoms with Crippen LogP contribution in [-0.4, -0.2) is 14.5 Å². The Balaban J connectivity index is 1.56. The number of thioether (sulfide) groups is 1. The Kier molecular flexibility index (Phi) is 4.39. The second kappa shape index (κ2) is 6.99. The third-order valence-corrected chi connectivity index (χ3v) is 4.86. The summed E-state index contributed by atoms with van der Waals surface area (Å²) < 4.78 is 7.78. The molecule has 2 heterocycles. The van der Waals surface area contributed by atoms with Crippen molar-refractivity contribution in [2.24, 2.45) is 0 Å². The van der Waals surface area contributed by atoms with E-state index in [-0.39, 0.29) is 0 Å².